The van der Waals surface area contributed by atoms with E-state index in [-0.39, 0.29) is 45.7 Å². The first-order chi connectivity index (χ1) is 29.2. The van der Waals surface area contributed by atoms with Crippen molar-refractivity contribution in [3.8, 4) is 33.4 Å². The minimum Gasteiger partial charge on any atom is -0.0622 e. The fraction of sp³-hybridized carbons (Fsp3) is 0. The molecular formula is C52H32. The third-order valence-corrected chi connectivity index (χ3v) is 10.6. The van der Waals surface area contributed by atoms with Crippen LogP contribution in [0.2, 0.25) is 0 Å². The van der Waals surface area contributed by atoms with Crippen molar-refractivity contribution in [3.05, 3.63) is 194 Å². The molecule has 0 nitrogen and oxygen atoms in total. The molecule has 0 unspecified atom stereocenters. The monoisotopic (exact) mass is 664 g/mol. The van der Waals surface area contributed by atoms with Crippen LogP contribution in [0, 0.1) is 0 Å². The Hall–Kier alpha value is -6.76. The number of fused-ring (bicyclic) bond motifs is 11. The Morgan fingerprint density at radius 2 is 0.750 bits per heavy atom. The summed E-state index contributed by atoms with van der Waals surface area (Å²) in [6, 6.07) is 45.5. The maximum Gasteiger partial charge on any atom is 0.0629 e. The highest BCUT2D eigenvalue weighted by Gasteiger charge is 2.21. The third kappa shape index (κ3) is 4.22. The van der Waals surface area contributed by atoms with Gasteiger partial charge in [0.2, 0.25) is 0 Å². The van der Waals surface area contributed by atoms with E-state index in [1.807, 2.05) is 109 Å². The van der Waals surface area contributed by atoms with E-state index in [0.717, 1.165) is 65.0 Å². The summed E-state index contributed by atoms with van der Waals surface area (Å²) in [6.07, 6.45) is 0. The van der Waals surface area contributed by atoms with Crippen molar-refractivity contribution in [2.45, 2.75) is 0 Å². The Labute approximate surface area is 313 Å². The Morgan fingerprint density at radius 3 is 1.38 bits per heavy atom. The van der Waals surface area contributed by atoms with E-state index in [1.165, 1.54) is 0 Å². The summed E-state index contributed by atoms with van der Waals surface area (Å²) in [6.45, 7) is 0. The molecule has 240 valence electrons. The van der Waals surface area contributed by atoms with E-state index in [1.54, 1.807) is 0 Å². The van der Waals surface area contributed by atoms with Crippen LogP contribution in [-0.4, -0.2) is 0 Å². The lowest BCUT2D eigenvalue weighted by atomic mass is 9.82. The SMILES string of the molecule is [2H]c1c([2H])c([2H])c2c(-c3cc4c5ccccc5c5ccccc5c4c4ccccc34)c3c([2H])c([2H])c([2H])c([2H])c3c(-c3cc(-c4ccccc4)c4ccccc4c3)c2c1[2H]. The van der Waals surface area contributed by atoms with Gasteiger partial charge in [-0.05, 0) is 127 Å². The van der Waals surface area contributed by atoms with Gasteiger partial charge in [0.05, 0.1) is 11.0 Å². The predicted octanol–water partition coefficient (Wildman–Crippen LogP) is 14.8. The summed E-state index contributed by atoms with van der Waals surface area (Å²) < 4.78 is 75.0. The molecule has 11 rings (SSSR count). The van der Waals surface area contributed by atoms with Gasteiger partial charge in [-0.15, -0.1) is 0 Å². The van der Waals surface area contributed by atoms with Gasteiger partial charge in [0.1, 0.15) is 0 Å². The fourth-order valence-electron chi connectivity index (χ4n) is 8.47. The highest BCUT2D eigenvalue weighted by Crippen LogP contribution is 2.49. The van der Waals surface area contributed by atoms with Crippen LogP contribution in [0.25, 0.3) is 109 Å². The normalized spacial score (nSPS) is 14.0. The first-order valence-corrected chi connectivity index (χ1v) is 17.5. The average Bonchev–Trinajstić information content (AvgIpc) is 3.30. The molecule has 0 saturated carbocycles. The van der Waals surface area contributed by atoms with Crippen molar-refractivity contribution in [1.82, 2.24) is 0 Å². The highest BCUT2D eigenvalue weighted by molar-refractivity contribution is 6.34. The van der Waals surface area contributed by atoms with Gasteiger partial charge in [0, 0.05) is 0 Å². The average molecular weight is 665 g/mol. The second kappa shape index (κ2) is 11.4. The zero-order valence-electron chi connectivity index (χ0n) is 35.9. The minimum atomic E-state index is -0.426. The zero-order valence-corrected chi connectivity index (χ0v) is 27.9. The zero-order chi connectivity index (χ0) is 41.1. The molecule has 52 heavy (non-hydrogen) atoms. The first kappa shape index (κ1) is 22.1. The molecular weight excluding hydrogens is 625 g/mol. The largest absolute Gasteiger partial charge is 0.0629 e. The van der Waals surface area contributed by atoms with Crippen LogP contribution >= 0.6 is 0 Å². The van der Waals surface area contributed by atoms with Crippen molar-refractivity contribution in [2.75, 3.05) is 0 Å². The van der Waals surface area contributed by atoms with Gasteiger partial charge in [0.25, 0.3) is 0 Å². The van der Waals surface area contributed by atoms with E-state index in [9.17, 15) is 5.48 Å². The van der Waals surface area contributed by atoms with Gasteiger partial charge in [-0.1, -0.05) is 176 Å². The van der Waals surface area contributed by atoms with Crippen molar-refractivity contribution >= 4 is 75.4 Å². The van der Waals surface area contributed by atoms with Crippen LogP contribution < -0.4 is 0 Å². The number of benzene rings is 11. The topological polar surface area (TPSA) is 0 Å². The lowest BCUT2D eigenvalue weighted by Crippen LogP contribution is -1.93. The minimum absolute atomic E-state index is 0.190. The summed E-state index contributed by atoms with van der Waals surface area (Å²) in [5, 5.41) is 10.5. The maximum absolute atomic E-state index is 9.71. The summed E-state index contributed by atoms with van der Waals surface area (Å²) >= 11 is 0. The van der Waals surface area contributed by atoms with Crippen molar-refractivity contribution in [2.24, 2.45) is 0 Å². The smallest absolute Gasteiger partial charge is 0.0622 e. The van der Waals surface area contributed by atoms with Crippen molar-refractivity contribution < 1.29 is 11.0 Å². The molecule has 0 N–H and O–H groups in total. The molecule has 0 heterocycles. The Balaban J connectivity index is 1.43. The molecule has 0 spiro atoms. The van der Waals surface area contributed by atoms with E-state index in [4.69, 9.17) is 5.48 Å². The van der Waals surface area contributed by atoms with Gasteiger partial charge in [-0.3, -0.25) is 0 Å². The van der Waals surface area contributed by atoms with E-state index >= 15 is 0 Å². The van der Waals surface area contributed by atoms with Gasteiger partial charge in [0.15, 0.2) is 0 Å². The molecule has 0 fully saturated rings. The molecule has 0 radical (unpaired) electrons. The summed E-state index contributed by atoms with van der Waals surface area (Å²) in [7, 11) is 0. The van der Waals surface area contributed by atoms with Crippen LogP contribution in [0.5, 0.6) is 0 Å². The molecule has 0 bridgehead atoms. The summed E-state index contributed by atoms with van der Waals surface area (Å²) in [5.74, 6) is 0. The van der Waals surface area contributed by atoms with Crippen LogP contribution in [0.4, 0.5) is 0 Å². The predicted molar refractivity (Wildman–Crippen MR) is 225 cm³/mol. The van der Waals surface area contributed by atoms with Gasteiger partial charge >= 0.3 is 0 Å². The number of hydrogen-bond acceptors (Lipinski definition) is 0. The Bertz CT molecular complexity index is 3610. The molecule has 0 heteroatoms. The van der Waals surface area contributed by atoms with E-state index in [2.05, 4.69) is 36.4 Å². The first-order valence-electron chi connectivity index (χ1n) is 21.5. The second-order valence-corrected chi connectivity index (χ2v) is 13.3. The standard InChI is InChI=1S/C52H32/c1-2-16-33(17-3-1)47-31-35(30-34-18-4-5-19-36(34)47)50-43-26-12-14-28-45(43)52(46-29-15-13-27-44(46)50)49-32-48-39-22-7-6-20-37(39)38-21-8-10-24-41(38)51(48)42-25-11-9-23-40(42)49/h1-32H/i12D,13D,14D,15D,26D,27D,28D,29D. The molecule has 11 aromatic rings. The summed E-state index contributed by atoms with van der Waals surface area (Å²) in [4.78, 5) is 0. The van der Waals surface area contributed by atoms with Crippen LogP contribution in [-0.2, 0) is 0 Å². The molecule has 0 aliphatic rings. The van der Waals surface area contributed by atoms with E-state index in [0.29, 0.717) is 22.3 Å². The fourth-order valence-corrected chi connectivity index (χ4v) is 8.47. The molecule has 0 atom stereocenters. The van der Waals surface area contributed by atoms with Gasteiger partial charge < -0.3 is 0 Å². The molecule has 0 aliphatic carbocycles. The quantitative estimate of drug-likeness (QED) is 0.130. The molecule has 0 amide bonds. The van der Waals surface area contributed by atoms with E-state index < -0.39 is 24.2 Å². The molecule has 0 aromatic heterocycles. The number of hydrogen-bond donors (Lipinski definition) is 0. The van der Waals surface area contributed by atoms with Crippen molar-refractivity contribution in [1.29, 1.82) is 0 Å². The summed E-state index contributed by atoms with van der Waals surface area (Å²) in [5.41, 5.74) is 3.67. The van der Waals surface area contributed by atoms with Crippen LogP contribution in [0.15, 0.2) is 194 Å². The maximum atomic E-state index is 9.71. The van der Waals surface area contributed by atoms with Gasteiger partial charge in [-0.2, -0.15) is 0 Å². The van der Waals surface area contributed by atoms with Crippen molar-refractivity contribution in [3.63, 3.8) is 0 Å². The molecule has 0 saturated heterocycles. The van der Waals surface area contributed by atoms with Crippen LogP contribution in [0.3, 0.4) is 0 Å². The Kier molecular flexibility index (Phi) is 4.85. The van der Waals surface area contributed by atoms with Crippen LogP contribution in [0.1, 0.15) is 11.0 Å². The highest BCUT2D eigenvalue weighted by atomic mass is 14.2. The Morgan fingerprint density at radius 1 is 0.288 bits per heavy atom. The molecule has 11 aromatic carbocycles. The second-order valence-electron chi connectivity index (χ2n) is 13.3. The third-order valence-electron chi connectivity index (χ3n) is 10.6. The lowest BCUT2D eigenvalue weighted by molar-refractivity contribution is 1.64. The van der Waals surface area contributed by atoms with Gasteiger partial charge in [-0.25, -0.2) is 0 Å². The number of rotatable bonds is 3. The molecule has 0 aliphatic heterocycles. The lowest BCUT2D eigenvalue weighted by Gasteiger charge is -2.21.